The molecule has 1 nitrogen and oxygen atoms in total. The number of hydrogen-bond acceptors (Lipinski definition) is 1. The molecule has 0 aliphatic rings. The number of aryl methyl sites for hydroxylation is 1. The highest BCUT2D eigenvalue weighted by Gasteiger charge is 2.03. The number of alkyl halides is 1. The Hall–Kier alpha value is -1.47. The van der Waals surface area contributed by atoms with Gasteiger partial charge in [-0.1, -0.05) is 24.3 Å². The van der Waals surface area contributed by atoms with Crippen LogP contribution in [0.25, 0.3) is 11.1 Å². The van der Waals surface area contributed by atoms with Gasteiger partial charge < -0.3 is 4.74 Å². The highest BCUT2D eigenvalue weighted by atomic mass is 35.5. The number of halogens is 1. The third-order valence-electron chi connectivity index (χ3n) is 2.93. The Bertz CT molecular complexity index is 517. The van der Waals surface area contributed by atoms with E-state index in [1.165, 1.54) is 16.7 Å². The highest BCUT2D eigenvalue weighted by Crippen LogP contribution is 2.27. The van der Waals surface area contributed by atoms with Gasteiger partial charge in [-0.3, -0.25) is 0 Å². The van der Waals surface area contributed by atoms with Gasteiger partial charge in [0.2, 0.25) is 0 Å². The molecule has 0 amide bonds. The number of rotatable bonds is 4. The van der Waals surface area contributed by atoms with Gasteiger partial charge in [0.1, 0.15) is 5.75 Å². The molecule has 0 heterocycles. The summed E-state index contributed by atoms with van der Waals surface area (Å²) in [6, 6.07) is 14.5. The van der Waals surface area contributed by atoms with E-state index in [9.17, 15) is 0 Å². The summed E-state index contributed by atoms with van der Waals surface area (Å²) in [5, 5.41) is 0. The van der Waals surface area contributed by atoms with E-state index < -0.39 is 0 Å². The molecule has 0 aromatic heterocycles. The molecule has 94 valence electrons. The molecule has 0 atom stereocenters. The minimum atomic E-state index is 0.546. The highest BCUT2D eigenvalue weighted by molar-refractivity contribution is 6.17. The zero-order valence-electron chi connectivity index (χ0n) is 10.7. The molecule has 0 spiro atoms. The monoisotopic (exact) mass is 260 g/mol. The van der Waals surface area contributed by atoms with E-state index in [2.05, 4.69) is 37.3 Å². The number of ether oxygens (including phenoxy) is 1. The van der Waals surface area contributed by atoms with Crippen LogP contribution >= 0.6 is 11.6 Å². The van der Waals surface area contributed by atoms with Crippen molar-refractivity contribution in [2.45, 2.75) is 19.7 Å². The minimum absolute atomic E-state index is 0.546. The molecule has 0 aliphatic heterocycles. The van der Waals surface area contributed by atoms with Crippen LogP contribution in [-0.2, 0) is 5.88 Å². The first-order valence-electron chi connectivity index (χ1n) is 6.13. The van der Waals surface area contributed by atoms with E-state index in [-0.39, 0.29) is 0 Å². The summed E-state index contributed by atoms with van der Waals surface area (Å²) in [7, 11) is 0. The quantitative estimate of drug-likeness (QED) is 0.718. The smallest absolute Gasteiger partial charge is 0.119 e. The van der Waals surface area contributed by atoms with Crippen LogP contribution in [0.15, 0.2) is 42.5 Å². The summed E-state index contributed by atoms with van der Waals surface area (Å²) in [5.74, 6) is 1.46. The Morgan fingerprint density at radius 1 is 1.06 bits per heavy atom. The molecular formula is C16H17ClO. The van der Waals surface area contributed by atoms with Crippen molar-refractivity contribution in [3.63, 3.8) is 0 Å². The SMILES string of the molecule is CCOc1ccc(-c2cc(CCl)ccc2C)cc1. The van der Waals surface area contributed by atoms with Crippen LogP contribution in [0.2, 0.25) is 0 Å². The molecule has 2 aromatic rings. The van der Waals surface area contributed by atoms with Crippen LogP contribution in [0.5, 0.6) is 5.75 Å². The van der Waals surface area contributed by atoms with Crippen LogP contribution in [0.1, 0.15) is 18.1 Å². The maximum absolute atomic E-state index is 5.89. The first-order chi connectivity index (χ1) is 8.74. The molecule has 0 saturated carbocycles. The molecule has 0 N–H and O–H groups in total. The molecule has 0 bridgehead atoms. The fraction of sp³-hybridized carbons (Fsp3) is 0.250. The lowest BCUT2D eigenvalue weighted by Crippen LogP contribution is -1.91. The maximum atomic E-state index is 5.89. The summed E-state index contributed by atoms with van der Waals surface area (Å²) >= 11 is 5.89. The van der Waals surface area contributed by atoms with Crippen molar-refractivity contribution in [3.05, 3.63) is 53.6 Å². The van der Waals surface area contributed by atoms with E-state index in [0.29, 0.717) is 12.5 Å². The van der Waals surface area contributed by atoms with Crippen LogP contribution in [-0.4, -0.2) is 6.61 Å². The van der Waals surface area contributed by atoms with Gasteiger partial charge in [0.15, 0.2) is 0 Å². The van der Waals surface area contributed by atoms with E-state index in [1.54, 1.807) is 0 Å². The van der Waals surface area contributed by atoms with Gasteiger partial charge in [0.05, 0.1) is 6.61 Å². The Morgan fingerprint density at radius 3 is 2.39 bits per heavy atom. The molecule has 2 aromatic carbocycles. The van der Waals surface area contributed by atoms with Gasteiger partial charge in [-0.15, -0.1) is 11.6 Å². The second-order valence-electron chi connectivity index (χ2n) is 4.24. The van der Waals surface area contributed by atoms with Gasteiger partial charge in [0, 0.05) is 5.88 Å². The Labute approximate surface area is 113 Å². The zero-order chi connectivity index (χ0) is 13.0. The van der Waals surface area contributed by atoms with Crippen molar-refractivity contribution in [2.24, 2.45) is 0 Å². The largest absolute Gasteiger partial charge is 0.494 e. The molecule has 2 rings (SSSR count). The predicted molar refractivity (Wildman–Crippen MR) is 77.3 cm³/mol. The summed E-state index contributed by atoms with van der Waals surface area (Å²) < 4.78 is 5.45. The predicted octanol–water partition coefficient (Wildman–Crippen LogP) is 4.80. The van der Waals surface area contributed by atoms with E-state index >= 15 is 0 Å². The summed E-state index contributed by atoms with van der Waals surface area (Å²) in [6.45, 7) is 4.80. The fourth-order valence-corrected chi connectivity index (χ4v) is 2.13. The van der Waals surface area contributed by atoms with Crippen LogP contribution in [0, 0.1) is 6.92 Å². The zero-order valence-corrected chi connectivity index (χ0v) is 11.5. The van der Waals surface area contributed by atoms with Crippen molar-refractivity contribution < 1.29 is 4.74 Å². The number of benzene rings is 2. The van der Waals surface area contributed by atoms with Crippen molar-refractivity contribution in [1.29, 1.82) is 0 Å². The second-order valence-corrected chi connectivity index (χ2v) is 4.51. The van der Waals surface area contributed by atoms with Gasteiger partial charge in [-0.2, -0.15) is 0 Å². The summed E-state index contributed by atoms with van der Waals surface area (Å²) in [4.78, 5) is 0. The third kappa shape index (κ3) is 2.85. The van der Waals surface area contributed by atoms with Crippen molar-refractivity contribution in [3.8, 4) is 16.9 Å². The minimum Gasteiger partial charge on any atom is -0.494 e. The lowest BCUT2D eigenvalue weighted by Gasteiger charge is -2.09. The molecule has 2 heteroatoms. The standard InChI is InChI=1S/C16H17ClO/c1-3-18-15-8-6-14(7-9-15)16-10-13(11-17)5-4-12(16)2/h4-10H,3,11H2,1-2H3. The lowest BCUT2D eigenvalue weighted by molar-refractivity contribution is 0.340. The van der Waals surface area contributed by atoms with E-state index in [4.69, 9.17) is 16.3 Å². The van der Waals surface area contributed by atoms with Gasteiger partial charge in [0.25, 0.3) is 0 Å². The van der Waals surface area contributed by atoms with Crippen molar-refractivity contribution >= 4 is 11.6 Å². The van der Waals surface area contributed by atoms with Crippen LogP contribution in [0.4, 0.5) is 0 Å². The molecule has 0 aliphatic carbocycles. The van der Waals surface area contributed by atoms with Gasteiger partial charge in [-0.05, 0) is 54.3 Å². The van der Waals surface area contributed by atoms with Crippen LogP contribution in [0.3, 0.4) is 0 Å². The Kier molecular flexibility index (Phi) is 4.27. The maximum Gasteiger partial charge on any atom is 0.119 e. The van der Waals surface area contributed by atoms with Crippen molar-refractivity contribution in [2.75, 3.05) is 6.61 Å². The second kappa shape index (κ2) is 5.92. The Balaban J connectivity index is 2.35. The van der Waals surface area contributed by atoms with E-state index in [0.717, 1.165) is 11.3 Å². The summed E-state index contributed by atoms with van der Waals surface area (Å²) in [6.07, 6.45) is 0. The summed E-state index contributed by atoms with van der Waals surface area (Å²) in [5.41, 5.74) is 4.83. The first kappa shape index (κ1) is 13.0. The van der Waals surface area contributed by atoms with Crippen LogP contribution < -0.4 is 4.74 Å². The lowest BCUT2D eigenvalue weighted by atomic mass is 9.98. The van der Waals surface area contributed by atoms with Gasteiger partial charge >= 0.3 is 0 Å². The molecule has 0 radical (unpaired) electrons. The average molecular weight is 261 g/mol. The van der Waals surface area contributed by atoms with E-state index in [1.807, 2.05) is 19.1 Å². The van der Waals surface area contributed by atoms with Gasteiger partial charge in [-0.25, -0.2) is 0 Å². The molecule has 0 fully saturated rings. The Morgan fingerprint density at radius 2 is 1.78 bits per heavy atom. The third-order valence-corrected chi connectivity index (χ3v) is 3.24. The molecule has 0 unspecified atom stereocenters. The normalized spacial score (nSPS) is 10.4. The topological polar surface area (TPSA) is 9.23 Å². The molecular weight excluding hydrogens is 244 g/mol. The fourth-order valence-electron chi connectivity index (χ4n) is 1.96. The molecule has 18 heavy (non-hydrogen) atoms. The molecule has 0 saturated heterocycles. The number of hydrogen-bond donors (Lipinski definition) is 0. The van der Waals surface area contributed by atoms with Crippen molar-refractivity contribution in [1.82, 2.24) is 0 Å². The average Bonchev–Trinajstić information content (AvgIpc) is 2.41. The first-order valence-corrected chi connectivity index (χ1v) is 6.66.